The summed E-state index contributed by atoms with van der Waals surface area (Å²) in [5.41, 5.74) is 2.39. The summed E-state index contributed by atoms with van der Waals surface area (Å²) < 4.78 is 5.96. The minimum absolute atomic E-state index is 0.223. The minimum atomic E-state index is 0.223. The third-order valence-corrected chi connectivity index (χ3v) is 3.67. The maximum Gasteiger partial charge on any atom is 0.124 e. The molecule has 0 saturated heterocycles. The molecule has 0 heterocycles. The van der Waals surface area contributed by atoms with Crippen molar-refractivity contribution >= 4 is 11.6 Å². The predicted molar refractivity (Wildman–Crippen MR) is 89.2 cm³/mol. The number of hydrogen-bond acceptors (Lipinski definition) is 2. The molecule has 0 bridgehead atoms. The van der Waals surface area contributed by atoms with Gasteiger partial charge in [-0.05, 0) is 37.2 Å². The number of hydrogen-bond donors (Lipinski definition) is 1. The number of benzene rings is 2. The fourth-order valence-corrected chi connectivity index (χ4v) is 2.51. The van der Waals surface area contributed by atoms with Crippen LogP contribution in [0.15, 0.2) is 48.5 Å². The summed E-state index contributed by atoms with van der Waals surface area (Å²) in [6.45, 7) is 5.80. The lowest BCUT2D eigenvalue weighted by Gasteiger charge is -2.18. The smallest absolute Gasteiger partial charge is 0.124 e. The average Bonchev–Trinajstić information content (AvgIpc) is 2.50. The largest absolute Gasteiger partial charge is 0.493 e. The van der Waals surface area contributed by atoms with Crippen LogP contribution in [0.4, 0.5) is 0 Å². The second-order valence-corrected chi connectivity index (χ2v) is 5.48. The zero-order valence-electron chi connectivity index (χ0n) is 12.6. The number of nitrogens with one attached hydrogen (secondary N) is 1. The van der Waals surface area contributed by atoms with Gasteiger partial charge in [0.25, 0.3) is 0 Å². The van der Waals surface area contributed by atoms with Crippen LogP contribution in [-0.4, -0.2) is 13.2 Å². The van der Waals surface area contributed by atoms with Crippen molar-refractivity contribution in [3.63, 3.8) is 0 Å². The summed E-state index contributed by atoms with van der Waals surface area (Å²) in [5, 5.41) is 4.14. The Morgan fingerprint density at radius 3 is 2.62 bits per heavy atom. The molecule has 21 heavy (non-hydrogen) atoms. The fraction of sp³-hybridized carbons (Fsp3) is 0.333. The van der Waals surface area contributed by atoms with Crippen LogP contribution in [0.25, 0.3) is 0 Å². The molecular formula is C18H22ClNO. The van der Waals surface area contributed by atoms with Gasteiger partial charge in [-0.3, -0.25) is 0 Å². The Labute approximate surface area is 132 Å². The third kappa shape index (κ3) is 4.76. The van der Waals surface area contributed by atoms with Crippen molar-refractivity contribution in [1.82, 2.24) is 5.32 Å². The second-order valence-electron chi connectivity index (χ2n) is 5.05. The van der Waals surface area contributed by atoms with Crippen LogP contribution in [0, 0.1) is 0 Å². The lowest BCUT2D eigenvalue weighted by atomic mass is 10.1. The Balaban J connectivity index is 2.02. The van der Waals surface area contributed by atoms with Crippen LogP contribution in [0.1, 0.15) is 31.0 Å². The summed E-state index contributed by atoms with van der Waals surface area (Å²) in [4.78, 5) is 0. The fourth-order valence-electron chi connectivity index (χ4n) is 2.33. The van der Waals surface area contributed by atoms with Gasteiger partial charge in [-0.1, -0.05) is 48.9 Å². The first-order valence-electron chi connectivity index (χ1n) is 7.40. The highest BCUT2D eigenvalue weighted by atomic mass is 35.5. The van der Waals surface area contributed by atoms with Crippen LogP contribution < -0.4 is 10.1 Å². The van der Waals surface area contributed by atoms with Gasteiger partial charge < -0.3 is 10.1 Å². The molecule has 0 amide bonds. The van der Waals surface area contributed by atoms with E-state index < -0.39 is 0 Å². The first-order valence-corrected chi connectivity index (χ1v) is 7.78. The summed E-state index contributed by atoms with van der Waals surface area (Å²) in [7, 11) is 0. The third-order valence-electron chi connectivity index (χ3n) is 3.44. The normalized spacial score (nSPS) is 12.1. The van der Waals surface area contributed by atoms with Crippen molar-refractivity contribution in [3.8, 4) is 5.75 Å². The van der Waals surface area contributed by atoms with Gasteiger partial charge in [-0.15, -0.1) is 0 Å². The van der Waals surface area contributed by atoms with Crippen LogP contribution in [0.5, 0.6) is 5.75 Å². The number of halogens is 1. The minimum Gasteiger partial charge on any atom is -0.493 e. The van der Waals surface area contributed by atoms with Crippen LogP contribution in [-0.2, 0) is 6.42 Å². The molecule has 0 radical (unpaired) electrons. The van der Waals surface area contributed by atoms with E-state index >= 15 is 0 Å². The highest BCUT2D eigenvalue weighted by Gasteiger charge is 2.11. The Morgan fingerprint density at radius 2 is 1.90 bits per heavy atom. The predicted octanol–water partition coefficient (Wildman–Crippen LogP) is 4.63. The molecule has 1 unspecified atom stereocenters. The van der Waals surface area contributed by atoms with Crippen molar-refractivity contribution < 1.29 is 4.74 Å². The molecule has 0 aliphatic heterocycles. The first-order chi connectivity index (χ1) is 10.2. The van der Waals surface area contributed by atoms with Gasteiger partial charge in [0.15, 0.2) is 0 Å². The average molecular weight is 304 g/mol. The molecule has 112 valence electrons. The van der Waals surface area contributed by atoms with E-state index in [4.69, 9.17) is 16.3 Å². The standard InChI is InChI=1S/C18H22ClNO/c1-3-20-14(2)17-13-16(19)9-10-18(17)21-12-11-15-7-5-4-6-8-15/h4-10,13-14,20H,3,11-12H2,1-2H3. The second kappa shape index (κ2) is 8.06. The molecule has 0 aliphatic rings. The molecular weight excluding hydrogens is 282 g/mol. The summed E-state index contributed by atoms with van der Waals surface area (Å²) in [6.07, 6.45) is 0.901. The molecule has 0 spiro atoms. The van der Waals surface area contributed by atoms with Crippen molar-refractivity contribution in [2.75, 3.05) is 13.2 Å². The van der Waals surface area contributed by atoms with E-state index in [2.05, 4.69) is 43.4 Å². The molecule has 2 nitrogen and oxygen atoms in total. The molecule has 0 aliphatic carbocycles. The lowest BCUT2D eigenvalue weighted by molar-refractivity contribution is 0.315. The zero-order valence-corrected chi connectivity index (χ0v) is 13.4. The van der Waals surface area contributed by atoms with Gasteiger partial charge in [0.2, 0.25) is 0 Å². The quantitative estimate of drug-likeness (QED) is 0.805. The number of ether oxygens (including phenoxy) is 1. The van der Waals surface area contributed by atoms with Crippen LogP contribution in [0.3, 0.4) is 0 Å². The van der Waals surface area contributed by atoms with Gasteiger partial charge in [-0.25, -0.2) is 0 Å². The van der Waals surface area contributed by atoms with Gasteiger partial charge in [0.1, 0.15) is 5.75 Å². The lowest BCUT2D eigenvalue weighted by Crippen LogP contribution is -2.18. The first kappa shape index (κ1) is 15.9. The van der Waals surface area contributed by atoms with Crippen LogP contribution >= 0.6 is 11.6 Å². The van der Waals surface area contributed by atoms with E-state index in [9.17, 15) is 0 Å². The topological polar surface area (TPSA) is 21.3 Å². The summed E-state index contributed by atoms with van der Waals surface area (Å²) >= 11 is 6.11. The van der Waals surface area contributed by atoms with Gasteiger partial charge >= 0.3 is 0 Å². The monoisotopic (exact) mass is 303 g/mol. The Kier molecular flexibility index (Phi) is 6.09. The Bertz CT molecular complexity index is 556. The van der Waals surface area contributed by atoms with E-state index in [-0.39, 0.29) is 6.04 Å². The Morgan fingerprint density at radius 1 is 1.14 bits per heavy atom. The molecule has 0 aromatic heterocycles. The molecule has 2 aromatic rings. The van der Waals surface area contributed by atoms with Crippen LogP contribution in [0.2, 0.25) is 5.02 Å². The van der Waals surface area contributed by atoms with Crippen molar-refractivity contribution in [2.24, 2.45) is 0 Å². The molecule has 2 aromatic carbocycles. The maximum atomic E-state index is 6.11. The van der Waals surface area contributed by atoms with E-state index in [1.807, 2.05) is 24.3 Å². The highest BCUT2D eigenvalue weighted by molar-refractivity contribution is 6.30. The molecule has 0 saturated carbocycles. The van der Waals surface area contributed by atoms with Crippen molar-refractivity contribution in [2.45, 2.75) is 26.3 Å². The highest BCUT2D eigenvalue weighted by Crippen LogP contribution is 2.28. The zero-order chi connectivity index (χ0) is 15.1. The van der Waals surface area contributed by atoms with Gasteiger partial charge in [0.05, 0.1) is 6.61 Å². The number of rotatable bonds is 7. The molecule has 3 heteroatoms. The van der Waals surface area contributed by atoms with E-state index in [0.29, 0.717) is 6.61 Å². The van der Waals surface area contributed by atoms with Crippen molar-refractivity contribution in [3.05, 3.63) is 64.7 Å². The van der Waals surface area contributed by atoms with Gasteiger partial charge in [-0.2, -0.15) is 0 Å². The SMILES string of the molecule is CCNC(C)c1cc(Cl)ccc1OCCc1ccccc1. The van der Waals surface area contributed by atoms with E-state index in [1.165, 1.54) is 5.56 Å². The van der Waals surface area contributed by atoms with Crippen molar-refractivity contribution in [1.29, 1.82) is 0 Å². The maximum absolute atomic E-state index is 6.11. The van der Waals surface area contributed by atoms with Gasteiger partial charge in [0, 0.05) is 23.0 Å². The molecule has 1 N–H and O–H groups in total. The summed E-state index contributed by atoms with van der Waals surface area (Å²) in [6, 6.07) is 16.4. The van der Waals surface area contributed by atoms with E-state index in [1.54, 1.807) is 0 Å². The van der Waals surface area contributed by atoms with E-state index in [0.717, 1.165) is 29.3 Å². The molecule has 0 fully saturated rings. The molecule has 2 rings (SSSR count). The molecule has 1 atom stereocenters. The summed E-state index contributed by atoms with van der Waals surface area (Å²) in [5.74, 6) is 0.906. The Hall–Kier alpha value is -1.51.